The Kier molecular flexibility index (Phi) is 4.67. The fourth-order valence-corrected chi connectivity index (χ4v) is 3.89. The quantitative estimate of drug-likeness (QED) is 0.467. The molecule has 0 bridgehead atoms. The van der Waals surface area contributed by atoms with Gasteiger partial charge < -0.3 is 20.8 Å². The van der Waals surface area contributed by atoms with Gasteiger partial charge in [-0.15, -0.1) is 11.3 Å². The summed E-state index contributed by atoms with van der Waals surface area (Å²) in [6.07, 6.45) is -5.17. The van der Waals surface area contributed by atoms with Gasteiger partial charge in [0.2, 0.25) is 5.72 Å². The minimum absolute atomic E-state index is 0.0687. The lowest BCUT2D eigenvalue weighted by molar-refractivity contribution is -0.285. The van der Waals surface area contributed by atoms with Crippen LogP contribution in [0.1, 0.15) is 21.3 Å². The van der Waals surface area contributed by atoms with Crippen molar-refractivity contribution >= 4 is 34.5 Å². The molecule has 0 radical (unpaired) electrons. The maximum absolute atomic E-state index is 13.7. The van der Waals surface area contributed by atoms with Gasteiger partial charge in [-0.1, -0.05) is 18.2 Å². The van der Waals surface area contributed by atoms with Crippen LogP contribution in [-0.4, -0.2) is 33.0 Å². The molecule has 0 spiro atoms. The summed E-state index contributed by atoms with van der Waals surface area (Å²) >= 11 is 5.79. The summed E-state index contributed by atoms with van der Waals surface area (Å²) < 4.78 is 41.2. The number of thiophene rings is 1. The predicted octanol–water partition coefficient (Wildman–Crippen LogP) is 2.72. The summed E-state index contributed by atoms with van der Waals surface area (Å²) in [6.45, 7) is 0. The number of Topliss-reactive ketones (excluding diaryl/α,β-unsaturated/α-hetero) is 1. The third-order valence-electron chi connectivity index (χ3n) is 4.08. The first kappa shape index (κ1) is 18.6. The van der Waals surface area contributed by atoms with E-state index < -0.39 is 34.8 Å². The number of phenols is 1. The number of aromatic hydroxyl groups is 1. The summed E-state index contributed by atoms with van der Waals surface area (Å²) in [5.74, 6) is -3.04. The number of alkyl halides is 3. The molecule has 1 aliphatic rings. The van der Waals surface area contributed by atoms with E-state index in [0.29, 0.717) is 0 Å². The van der Waals surface area contributed by atoms with E-state index >= 15 is 0 Å². The monoisotopic (exact) mass is 402 g/mol. The van der Waals surface area contributed by atoms with Crippen LogP contribution in [0.2, 0.25) is 0 Å². The Morgan fingerprint density at radius 3 is 2.58 bits per heavy atom. The topological polar surface area (TPSA) is 81.6 Å². The van der Waals surface area contributed by atoms with Crippen LogP contribution in [-0.2, 0) is 0 Å². The molecule has 1 fully saturated rings. The minimum Gasteiger partial charge on any atom is -0.508 e. The molecule has 3 atom stereocenters. The average molecular weight is 402 g/mol. The number of benzene rings is 1. The molecule has 1 aliphatic heterocycles. The van der Waals surface area contributed by atoms with Crippen LogP contribution < -0.4 is 10.6 Å². The molecule has 0 amide bonds. The zero-order chi connectivity index (χ0) is 19.1. The summed E-state index contributed by atoms with van der Waals surface area (Å²) in [5.41, 5.74) is -3.38. The van der Waals surface area contributed by atoms with Crippen molar-refractivity contribution < 1.29 is 28.2 Å². The van der Waals surface area contributed by atoms with Crippen molar-refractivity contribution in [2.75, 3.05) is 0 Å². The summed E-state index contributed by atoms with van der Waals surface area (Å²) in [7, 11) is 0. The van der Waals surface area contributed by atoms with Gasteiger partial charge >= 0.3 is 6.18 Å². The first-order valence-electron chi connectivity index (χ1n) is 7.38. The highest BCUT2D eigenvalue weighted by molar-refractivity contribution is 7.80. The van der Waals surface area contributed by atoms with E-state index in [1.54, 1.807) is 5.38 Å². The standard InChI is InChI=1S/C16H13F3N2O3S2/c17-16(18,19)15(24)11(13(23)10-5-2-6-26-10)12(20-14(25)21-15)8-3-1-4-9(22)7-8/h1-7,11-12,22,24H,(H2,20,21,25)/t11-,12-,15+/m0/s1. The van der Waals surface area contributed by atoms with Crippen molar-refractivity contribution in [1.29, 1.82) is 0 Å². The molecular weight excluding hydrogens is 389 g/mol. The zero-order valence-corrected chi connectivity index (χ0v) is 14.6. The Hall–Kier alpha value is -2.17. The zero-order valence-electron chi connectivity index (χ0n) is 12.9. The number of carbonyl (C=O) groups excluding carboxylic acids is 1. The van der Waals surface area contributed by atoms with E-state index in [1.165, 1.54) is 36.4 Å². The van der Waals surface area contributed by atoms with Gasteiger partial charge in [0.25, 0.3) is 0 Å². The Balaban J connectivity index is 2.16. The van der Waals surface area contributed by atoms with Crippen molar-refractivity contribution in [3.63, 3.8) is 0 Å². The Bertz CT molecular complexity index is 842. The number of ketones is 1. The first-order chi connectivity index (χ1) is 12.1. The number of hydrogen-bond donors (Lipinski definition) is 4. The fraction of sp³-hybridized carbons (Fsp3) is 0.250. The molecular formula is C16H13F3N2O3S2. The second kappa shape index (κ2) is 6.53. The van der Waals surface area contributed by atoms with Gasteiger partial charge in [-0.25, -0.2) is 0 Å². The molecule has 0 unspecified atom stereocenters. The van der Waals surface area contributed by atoms with Gasteiger partial charge in [0.05, 0.1) is 10.9 Å². The van der Waals surface area contributed by atoms with Crippen LogP contribution in [0.3, 0.4) is 0 Å². The molecule has 26 heavy (non-hydrogen) atoms. The van der Waals surface area contributed by atoms with Gasteiger partial charge in [-0.05, 0) is 41.4 Å². The molecule has 138 valence electrons. The molecule has 5 nitrogen and oxygen atoms in total. The Morgan fingerprint density at radius 2 is 2.00 bits per heavy atom. The maximum atomic E-state index is 13.7. The van der Waals surface area contributed by atoms with Crippen LogP contribution in [0.4, 0.5) is 13.2 Å². The van der Waals surface area contributed by atoms with Crippen molar-refractivity contribution in [2.45, 2.75) is 17.9 Å². The molecule has 0 aliphatic carbocycles. The second-order valence-corrected chi connectivity index (χ2v) is 7.11. The predicted molar refractivity (Wildman–Crippen MR) is 92.9 cm³/mol. The minimum atomic E-state index is -5.17. The number of nitrogens with one attached hydrogen (secondary N) is 2. The molecule has 1 aromatic heterocycles. The average Bonchev–Trinajstić information content (AvgIpc) is 3.07. The van der Waals surface area contributed by atoms with Gasteiger partial charge in [0.15, 0.2) is 10.9 Å². The lowest BCUT2D eigenvalue weighted by atomic mass is 9.78. The first-order valence-corrected chi connectivity index (χ1v) is 8.66. The third kappa shape index (κ3) is 3.15. The van der Waals surface area contributed by atoms with Gasteiger partial charge in [-0.3, -0.25) is 4.79 Å². The Labute approximate surface area is 155 Å². The molecule has 0 saturated carbocycles. The SMILES string of the molecule is O=C(c1cccs1)[C@@H]1[C@H](c2cccc(O)c2)NC(=S)N[C@]1(O)C(F)(F)F. The molecule has 4 N–H and O–H groups in total. The van der Waals surface area contributed by atoms with Gasteiger partial charge in [0, 0.05) is 0 Å². The number of phenolic OH excluding ortho intramolecular Hbond substituents is 1. The largest absolute Gasteiger partial charge is 0.508 e. The van der Waals surface area contributed by atoms with Crippen molar-refractivity contribution in [2.24, 2.45) is 5.92 Å². The number of hydrogen-bond acceptors (Lipinski definition) is 5. The molecule has 10 heteroatoms. The van der Waals surface area contributed by atoms with E-state index in [0.717, 1.165) is 11.3 Å². The lowest BCUT2D eigenvalue weighted by Crippen LogP contribution is -2.72. The van der Waals surface area contributed by atoms with Gasteiger partial charge in [-0.2, -0.15) is 13.2 Å². The number of aliphatic hydroxyl groups is 1. The van der Waals surface area contributed by atoms with Crippen molar-refractivity contribution in [3.8, 4) is 5.75 Å². The molecule has 1 aromatic carbocycles. The van der Waals surface area contributed by atoms with E-state index in [-0.39, 0.29) is 16.2 Å². The molecule has 2 aromatic rings. The summed E-state index contributed by atoms with van der Waals surface area (Å²) in [5, 5.41) is 25.7. The highest BCUT2D eigenvalue weighted by Crippen LogP contribution is 2.44. The molecule has 2 heterocycles. The van der Waals surface area contributed by atoms with Crippen molar-refractivity contribution in [1.82, 2.24) is 10.6 Å². The van der Waals surface area contributed by atoms with Gasteiger partial charge in [0.1, 0.15) is 11.7 Å². The summed E-state index contributed by atoms with van der Waals surface area (Å²) in [6, 6.07) is 7.05. The summed E-state index contributed by atoms with van der Waals surface area (Å²) in [4.78, 5) is 12.9. The molecule has 3 rings (SSSR count). The van der Waals surface area contributed by atoms with Crippen LogP contribution >= 0.6 is 23.6 Å². The van der Waals surface area contributed by atoms with E-state index in [9.17, 15) is 28.2 Å². The highest BCUT2D eigenvalue weighted by Gasteiger charge is 2.65. The van der Waals surface area contributed by atoms with Crippen molar-refractivity contribution in [3.05, 3.63) is 52.2 Å². The maximum Gasteiger partial charge on any atom is 0.437 e. The number of carbonyl (C=O) groups is 1. The normalized spacial score (nSPS) is 26.1. The van der Waals surface area contributed by atoms with E-state index in [1.807, 2.05) is 5.32 Å². The van der Waals surface area contributed by atoms with E-state index in [4.69, 9.17) is 12.2 Å². The number of rotatable bonds is 3. The second-order valence-electron chi connectivity index (χ2n) is 5.75. The number of thiocarbonyl (C=S) groups is 1. The van der Waals surface area contributed by atoms with Crippen LogP contribution in [0.5, 0.6) is 5.75 Å². The lowest BCUT2D eigenvalue weighted by Gasteiger charge is -2.46. The number of halogens is 3. The Morgan fingerprint density at radius 1 is 1.27 bits per heavy atom. The third-order valence-corrected chi connectivity index (χ3v) is 5.19. The van der Waals surface area contributed by atoms with Crippen LogP contribution in [0.25, 0.3) is 0 Å². The fourth-order valence-electron chi connectivity index (χ4n) is 2.91. The van der Waals surface area contributed by atoms with Crippen LogP contribution in [0.15, 0.2) is 41.8 Å². The molecule has 1 saturated heterocycles. The van der Waals surface area contributed by atoms with Crippen LogP contribution in [0, 0.1) is 5.92 Å². The smallest absolute Gasteiger partial charge is 0.437 e. The van der Waals surface area contributed by atoms with E-state index in [2.05, 4.69) is 5.32 Å². The highest BCUT2D eigenvalue weighted by atomic mass is 32.1.